The molecule has 1 rings (SSSR count). The predicted molar refractivity (Wildman–Crippen MR) is 60.8 cm³/mol. The molecule has 1 aromatic carbocycles. The molecule has 16 heavy (non-hydrogen) atoms. The molecule has 0 fully saturated rings. The van der Waals surface area contributed by atoms with Crippen molar-refractivity contribution in [2.45, 2.75) is 12.2 Å². The third-order valence-corrected chi connectivity index (χ3v) is 2.37. The summed E-state index contributed by atoms with van der Waals surface area (Å²) in [4.78, 5) is 0. The lowest BCUT2D eigenvalue weighted by molar-refractivity contribution is -0.137. The third-order valence-electron chi connectivity index (χ3n) is 1.95. The number of nitrogens with two attached hydrogens (primary N) is 1. The first kappa shape index (κ1) is 15.3. The van der Waals surface area contributed by atoms with Gasteiger partial charge in [0.25, 0.3) is 0 Å². The molecule has 0 saturated heterocycles. The fourth-order valence-electron chi connectivity index (χ4n) is 1.15. The van der Waals surface area contributed by atoms with Gasteiger partial charge in [0.2, 0.25) is 0 Å². The van der Waals surface area contributed by atoms with Crippen molar-refractivity contribution in [1.82, 2.24) is 0 Å². The zero-order valence-corrected chi connectivity index (χ0v) is 9.66. The first-order valence-corrected chi connectivity index (χ1v) is 4.49. The van der Waals surface area contributed by atoms with E-state index >= 15 is 0 Å². The summed E-state index contributed by atoms with van der Waals surface area (Å²) in [6.45, 7) is 3.41. The van der Waals surface area contributed by atoms with E-state index in [1.165, 1.54) is 18.2 Å². The van der Waals surface area contributed by atoms with Crippen molar-refractivity contribution < 1.29 is 13.2 Å². The first-order valence-electron chi connectivity index (χ1n) is 4.11. The van der Waals surface area contributed by atoms with Crippen LogP contribution in [-0.2, 0) is 6.18 Å². The molecule has 1 aromatic rings. The SMILES string of the molecule is C=C[C@H](N)c1cccc(C(F)(F)F)c1Cl.Cl. The van der Waals surface area contributed by atoms with Crippen LogP contribution in [0.15, 0.2) is 30.9 Å². The van der Waals surface area contributed by atoms with Crippen LogP contribution in [-0.4, -0.2) is 0 Å². The van der Waals surface area contributed by atoms with Crippen molar-refractivity contribution in [3.63, 3.8) is 0 Å². The van der Waals surface area contributed by atoms with E-state index in [0.29, 0.717) is 0 Å². The molecule has 0 aromatic heterocycles. The Hall–Kier alpha value is -0.710. The van der Waals surface area contributed by atoms with Crippen LogP contribution >= 0.6 is 24.0 Å². The normalized spacial score (nSPS) is 12.8. The molecule has 0 aliphatic carbocycles. The van der Waals surface area contributed by atoms with Crippen LogP contribution in [0.3, 0.4) is 0 Å². The zero-order chi connectivity index (χ0) is 11.6. The van der Waals surface area contributed by atoms with Crippen molar-refractivity contribution in [3.8, 4) is 0 Å². The average Bonchev–Trinajstić information content (AvgIpc) is 2.15. The molecular formula is C10H10Cl2F3N. The smallest absolute Gasteiger partial charge is 0.321 e. The van der Waals surface area contributed by atoms with Crippen LogP contribution in [0.4, 0.5) is 13.2 Å². The summed E-state index contributed by atoms with van der Waals surface area (Å²) in [6.07, 6.45) is -3.13. The highest BCUT2D eigenvalue weighted by Gasteiger charge is 2.34. The molecule has 1 atom stereocenters. The van der Waals surface area contributed by atoms with E-state index < -0.39 is 17.8 Å². The highest BCUT2D eigenvalue weighted by atomic mass is 35.5. The van der Waals surface area contributed by atoms with Crippen molar-refractivity contribution in [1.29, 1.82) is 0 Å². The lowest BCUT2D eigenvalue weighted by Crippen LogP contribution is -2.12. The van der Waals surface area contributed by atoms with Crippen LogP contribution in [0.1, 0.15) is 17.2 Å². The lowest BCUT2D eigenvalue weighted by Gasteiger charge is -2.14. The molecule has 0 amide bonds. The molecule has 2 N–H and O–H groups in total. The molecule has 90 valence electrons. The highest BCUT2D eigenvalue weighted by molar-refractivity contribution is 6.32. The summed E-state index contributed by atoms with van der Waals surface area (Å²) in [5.74, 6) is 0. The standard InChI is InChI=1S/C10H9ClF3N.ClH/c1-2-8(15)6-4-3-5-7(9(6)11)10(12,13)14;/h2-5,8H,1,15H2;1H/t8-;/m0./s1. The molecule has 6 heteroatoms. The molecule has 0 bridgehead atoms. The molecule has 1 nitrogen and oxygen atoms in total. The van der Waals surface area contributed by atoms with Gasteiger partial charge in [-0.05, 0) is 11.6 Å². The minimum Gasteiger partial charge on any atom is -0.321 e. The van der Waals surface area contributed by atoms with E-state index in [4.69, 9.17) is 17.3 Å². The second-order valence-electron chi connectivity index (χ2n) is 2.97. The second kappa shape index (κ2) is 5.57. The van der Waals surface area contributed by atoms with E-state index in [1.54, 1.807) is 0 Å². The minimum atomic E-state index is -4.46. The Morgan fingerprint density at radius 2 is 1.94 bits per heavy atom. The Labute approximate surface area is 102 Å². The van der Waals surface area contributed by atoms with Gasteiger partial charge in [0, 0.05) is 6.04 Å². The van der Waals surface area contributed by atoms with Gasteiger partial charge in [-0.1, -0.05) is 29.8 Å². The Morgan fingerprint density at radius 1 is 1.38 bits per heavy atom. The van der Waals surface area contributed by atoms with E-state index in [0.717, 1.165) is 6.07 Å². The molecule has 0 heterocycles. The Bertz CT molecular complexity index is 377. The Balaban J connectivity index is 0.00000225. The van der Waals surface area contributed by atoms with Gasteiger partial charge < -0.3 is 5.73 Å². The van der Waals surface area contributed by atoms with Gasteiger partial charge in [-0.15, -0.1) is 19.0 Å². The number of alkyl halides is 3. The molecule has 0 aliphatic heterocycles. The Morgan fingerprint density at radius 3 is 2.38 bits per heavy atom. The number of halogens is 5. The van der Waals surface area contributed by atoms with Gasteiger partial charge in [-0.2, -0.15) is 13.2 Å². The van der Waals surface area contributed by atoms with Crippen molar-refractivity contribution >= 4 is 24.0 Å². The van der Waals surface area contributed by atoms with Gasteiger partial charge in [0.15, 0.2) is 0 Å². The quantitative estimate of drug-likeness (QED) is 0.810. The van der Waals surface area contributed by atoms with Gasteiger partial charge >= 0.3 is 6.18 Å². The zero-order valence-electron chi connectivity index (χ0n) is 8.09. The fraction of sp³-hybridized carbons (Fsp3) is 0.200. The molecule has 0 unspecified atom stereocenters. The van der Waals surface area contributed by atoms with Crippen LogP contribution in [0.2, 0.25) is 5.02 Å². The minimum absolute atomic E-state index is 0. The summed E-state index contributed by atoms with van der Waals surface area (Å²) >= 11 is 5.62. The van der Waals surface area contributed by atoms with E-state index in [1.807, 2.05) is 0 Å². The van der Waals surface area contributed by atoms with Crippen LogP contribution in [0.5, 0.6) is 0 Å². The molecule has 0 spiro atoms. The van der Waals surface area contributed by atoms with Gasteiger partial charge in [-0.25, -0.2) is 0 Å². The summed E-state index contributed by atoms with van der Waals surface area (Å²) in [7, 11) is 0. The second-order valence-corrected chi connectivity index (χ2v) is 3.35. The Kier molecular flexibility index (Phi) is 5.32. The molecule has 0 saturated carbocycles. The maximum absolute atomic E-state index is 12.4. The number of benzene rings is 1. The highest BCUT2D eigenvalue weighted by Crippen LogP contribution is 2.37. The first-order chi connectivity index (χ1) is 6.88. The summed E-state index contributed by atoms with van der Waals surface area (Å²) < 4.78 is 37.3. The summed E-state index contributed by atoms with van der Waals surface area (Å²) in [5.41, 5.74) is 4.89. The van der Waals surface area contributed by atoms with Crippen molar-refractivity contribution in [2.75, 3.05) is 0 Å². The largest absolute Gasteiger partial charge is 0.417 e. The van der Waals surface area contributed by atoms with Crippen molar-refractivity contribution in [2.24, 2.45) is 5.73 Å². The molecule has 0 aliphatic rings. The van der Waals surface area contributed by atoms with E-state index in [-0.39, 0.29) is 23.0 Å². The fourth-order valence-corrected chi connectivity index (χ4v) is 1.51. The van der Waals surface area contributed by atoms with E-state index in [9.17, 15) is 13.2 Å². The molecule has 0 radical (unpaired) electrons. The van der Waals surface area contributed by atoms with Crippen LogP contribution < -0.4 is 5.73 Å². The number of rotatable bonds is 2. The van der Waals surface area contributed by atoms with Crippen molar-refractivity contribution in [3.05, 3.63) is 47.0 Å². The number of hydrogen-bond donors (Lipinski definition) is 1. The maximum atomic E-state index is 12.4. The summed E-state index contributed by atoms with van der Waals surface area (Å²) in [6, 6.07) is 2.94. The van der Waals surface area contributed by atoms with Gasteiger partial charge in [0.05, 0.1) is 10.6 Å². The van der Waals surface area contributed by atoms with Gasteiger partial charge in [-0.3, -0.25) is 0 Å². The monoisotopic (exact) mass is 271 g/mol. The molecular weight excluding hydrogens is 262 g/mol. The summed E-state index contributed by atoms with van der Waals surface area (Å²) in [5, 5.41) is -0.364. The van der Waals surface area contributed by atoms with Gasteiger partial charge in [0.1, 0.15) is 0 Å². The predicted octanol–water partition coefficient (Wildman–Crippen LogP) is 3.97. The third kappa shape index (κ3) is 3.14. The topological polar surface area (TPSA) is 26.0 Å². The van der Waals surface area contributed by atoms with Crippen LogP contribution in [0.25, 0.3) is 0 Å². The van der Waals surface area contributed by atoms with E-state index in [2.05, 4.69) is 6.58 Å². The lowest BCUT2D eigenvalue weighted by atomic mass is 10.0. The number of hydrogen-bond acceptors (Lipinski definition) is 1. The van der Waals surface area contributed by atoms with Crippen LogP contribution in [0, 0.1) is 0 Å². The average molecular weight is 272 g/mol. The maximum Gasteiger partial charge on any atom is 0.417 e.